The third-order valence-electron chi connectivity index (χ3n) is 1.77. The van der Waals surface area contributed by atoms with E-state index in [-0.39, 0.29) is 32.7 Å². The van der Waals surface area contributed by atoms with Crippen LogP contribution in [-0.2, 0) is 48.0 Å². The van der Waals surface area contributed by atoms with E-state index in [9.17, 15) is 0 Å². The van der Waals surface area contributed by atoms with E-state index in [0.29, 0.717) is 13.2 Å². The second kappa shape index (κ2) is 4.82. The van der Waals surface area contributed by atoms with Crippen molar-refractivity contribution < 1.29 is 42.2 Å². The van der Waals surface area contributed by atoms with E-state index in [1.165, 1.54) is 0 Å². The van der Waals surface area contributed by atoms with Crippen molar-refractivity contribution in [3.05, 3.63) is 20.8 Å². The van der Waals surface area contributed by atoms with Gasteiger partial charge >= 0.3 is 0 Å². The maximum Gasteiger partial charge on any atom is 0.182 e. The van der Waals surface area contributed by atoms with Gasteiger partial charge in [0.1, 0.15) is 0 Å². The van der Waals surface area contributed by atoms with E-state index in [1.54, 1.807) is 11.3 Å². The smallest absolute Gasteiger partial charge is 0.182 e. The van der Waals surface area contributed by atoms with Crippen molar-refractivity contribution >= 4 is 27.3 Å². The summed E-state index contributed by atoms with van der Waals surface area (Å²) < 4.78 is 12.0. The molecule has 69 valence electrons. The number of ether oxygens (including phenoxy) is 2. The van der Waals surface area contributed by atoms with Crippen molar-refractivity contribution in [3.8, 4) is 0 Å². The van der Waals surface area contributed by atoms with Crippen molar-refractivity contribution in [1.29, 1.82) is 0 Å². The molecule has 1 aliphatic rings. The molecule has 5 heteroatoms. The van der Waals surface area contributed by atoms with Crippen LogP contribution in [0.4, 0.5) is 0 Å². The summed E-state index contributed by atoms with van der Waals surface area (Å²) in [5.74, 6) is -0.559. The first-order valence-corrected chi connectivity index (χ1v) is 5.27. The van der Waals surface area contributed by atoms with Crippen LogP contribution in [0.15, 0.2) is 9.85 Å². The van der Waals surface area contributed by atoms with Crippen LogP contribution in [0.25, 0.3) is 0 Å². The Labute approximate surface area is 115 Å². The van der Waals surface area contributed by atoms with E-state index in [2.05, 4.69) is 22.0 Å². The molecule has 1 radical (unpaired) electrons. The third-order valence-corrected chi connectivity index (χ3v) is 3.49. The van der Waals surface area contributed by atoms with Crippen LogP contribution in [0.2, 0.25) is 0 Å². The van der Waals surface area contributed by atoms with Gasteiger partial charge in [-0.2, -0.15) is 15.9 Å². The molecular formula is C8H8BrO2SY-. The van der Waals surface area contributed by atoms with Gasteiger partial charge in [-0.25, -0.2) is 23.5 Å². The van der Waals surface area contributed by atoms with Crippen LogP contribution in [0.5, 0.6) is 0 Å². The predicted molar refractivity (Wildman–Crippen MR) is 50.1 cm³/mol. The zero-order valence-corrected chi connectivity index (χ0v) is 12.4. The maximum absolute atomic E-state index is 5.48. The number of thiophene rings is 1. The minimum Gasteiger partial charge on any atom is -0.344 e. The van der Waals surface area contributed by atoms with E-state index in [0.717, 1.165) is 8.66 Å². The summed E-state index contributed by atoms with van der Waals surface area (Å²) in [5, 5.41) is 0. The average Bonchev–Trinajstić information content (AvgIpc) is 2.59. The fraction of sp³-hybridized carbons (Fsp3) is 0.500. The molecule has 1 aliphatic heterocycles. The Morgan fingerprint density at radius 2 is 2.15 bits per heavy atom. The number of hydrogen-bond donors (Lipinski definition) is 0. The average molecular weight is 337 g/mol. The van der Waals surface area contributed by atoms with Gasteiger partial charge in [0.15, 0.2) is 5.79 Å². The first kappa shape index (κ1) is 12.3. The first-order chi connectivity index (χ1) is 5.71. The molecule has 1 saturated heterocycles. The van der Waals surface area contributed by atoms with Gasteiger partial charge < -0.3 is 9.47 Å². The Morgan fingerprint density at radius 1 is 1.54 bits per heavy atom. The SMILES string of the molecule is CC1(c2[c-]cc(Br)s2)OCCO1.[Y]. The van der Waals surface area contributed by atoms with Crippen LogP contribution in [0.3, 0.4) is 0 Å². The van der Waals surface area contributed by atoms with Crippen molar-refractivity contribution in [3.63, 3.8) is 0 Å². The molecule has 0 bridgehead atoms. The molecule has 2 heterocycles. The third kappa shape index (κ3) is 2.61. The topological polar surface area (TPSA) is 18.5 Å². The molecule has 2 nitrogen and oxygen atoms in total. The molecular weight excluding hydrogens is 329 g/mol. The fourth-order valence-electron chi connectivity index (χ4n) is 1.15. The summed E-state index contributed by atoms with van der Waals surface area (Å²) in [6.07, 6.45) is 0. The molecule has 2 rings (SSSR count). The van der Waals surface area contributed by atoms with Gasteiger partial charge in [0.05, 0.1) is 13.2 Å². The standard InChI is InChI=1S/C8H8BrO2S.Y/c1-8(10-4-5-11-8)6-2-3-7(9)12-6;/h3H,4-5H2,1H3;/q-1;. The fourth-order valence-corrected chi connectivity index (χ4v) is 2.48. The molecule has 0 atom stereocenters. The van der Waals surface area contributed by atoms with Crippen LogP contribution < -0.4 is 0 Å². The van der Waals surface area contributed by atoms with Gasteiger partial charge in [0.2, 0.25) is 0 Å². The summed E-state index contributed by atoms with van der Waals surface area (Å²) >= 11 is 4.97. The molecule has 0 aromatic carbocycles. The van der Waals surface area contributed by atoms with Crippen LogP contribution >= 0.6 is 27.3 Å². The second-order valence-electron chi connectivity index (χ2n) is 2.67. The van der Waals surface area contributed by atoms with Gasteiger partial charge in [-0.3, -0.25) is 0 Å². The van der Waals surface area contributed by atoms with Crippen molar-refractivity contribution in [1.82, 2.24) is 0 Å². The van der Waals surface area contributed by atoms with E-state index >= 15 is 0 Å². The molecule has 0 unspecified atom stereocenters. The Bertz CT molecular complexity index is 283. The van der Waals surface area contributed by atoms with Gasteiger partial charge in [-0.1, -0.05) is 3.79 Å². The molecule has 1 fully saturated rings. The van der Waals surface area contributed by atoms with Gasteiger partial charge in [0.25, 0.3) is 0 Å². The molecule has 0 spiro atoms. The zero-order chi connectivity index (χ0) is 8.60. The maximum atomic E-state index is 5.48. The van der Waals surface area contributed by atoms with E-state index < -0.39 is 5.79 Å². The van der Waals surface area contributed by atoms with Crippen molar-refractivity contribution in [2.24, 2.45) is 0 Å². The molecule has 0 saturated carbocycles. The second-order valence-corrected chi connectivity index (χ2v) is 5.10. The van der Waals surface area contributed by atoms with E-state index in [4.69, 9.17) is 9.47 Å². The summed E-state index contributed by atoms with van der Waals surface area (Å²) in [6.45, 7) is 3.26. The summed E-state index contributed by atoms with van der Waals surface area (Å²) in [6, 6.07) is 4.99. The van der Waals surface area contributed by atoms with Crippen molar-refractivity contribution in [2.45, 2.75) is 12.7 Å². The molecule has 1 aromatic rings. The number of hydrogen-bond acceptors (Lipinski definition) is 3. The Kier molecular flexibility index (Phi) is 4.55. The minimum absolute atomic E-state index is 0. The zero-order valence-electron chi connectivity index (χ0n) is 7.17. The normalized spacial score (nSPS) is 19.8. The van der Waals surface area contributed by atoms with Gasteiger partial charge in [-0.05, 0) is 11.8 Å². The largest absolute Gasteiger partial charge is 0.344 e. The van der Waals surface area contributed by atoms with Crippen LogP contribution in [0.1, 0.15) is 11.8 Å². The molecule has 0 aliphatic carbocycles. The monoisotopic (exact) mass is 336 g/mol. The van der Waals surface area contributed by atoms with Gasteiger partial charge in [-0.15, -0.1) is 0 Å². The van der Waals surface area contributed by atoms with E-state index in [1.807, 2.05) is 13.0 Å². The van der Waals surface area contributed by atoms with Gasteiger partial charge in [0, 0.05) is 32.7 Å². The molecule has 0 N–H and O–H groups in total. The first-order valence-electron chi connectivity index (χ1n) is 3.66. The summed E-state index contributed by atoms with van der Waals surface area (Å²) in [4.78, 5) is 0.992. The Morgan fingerprint density at radius 3 is 2.62 bits per heavy atom. The predicted octanol–water partition coefficient (Wildman–Crippen LogP) is 2.53. The quantitative estimate of drug-likeness (QED) is 0.734. The molecule has 1 aromatic heterocycles. The summed E-state index contributed by atoms with van der Waals surface area (Å²) in [5.41, 5.74) is 0. The summed E-state index contributed by atoms with van der Waals surface area (Å²) in [7, 11) is 0. The number of rotatable bonds is 1. The molecule has 13 heavy (non-hydrogen) atoms. The van der Waals surface area contributed by atoms with Crippen molar-refractivity contribution in [2.75, 3.05) is 13.2 Å². The minimum atomic E-state index is -0.559. The Balaban J connectivity index is 0.000000845. The van der Waals surface area contributed by atoms with Crippen LogP contribution in [0, 0.1) is 6.07 Å². The Hall–Kier alpha value is 1.20. The number of halogens is 1. The molecule has 0 amide bonds. The van der Waals surface area contributed by atoms with Crippen LogP contribution in [-0.4, -0.2) is 13.2 Å².